The molecule has 1 aliphatic rings. The molecule has 1 aliphatic heterocycles. The number of H-pyrrole nitrogens is 1. The lowest BCUT2D eigenvalue weighted by atomic mass is 10.1. The number of amides is 1. The van der Waals surface area contributed by atoms with Gasteiger partial charge in [-0.1, -0.05) is 15.9 Å². The van der Waals surface area contributed by atoms with Crippen molar-refractivity contribution in [3.63, 3.8) is 0 Å². The molecule has 0 saturated heterocycles. The highest BCUT2D eigenvalue weighted by molar-refractivity contribution is 9.10. The minimum absolute atomic E-state index is 0.292. The first kappa shape index (κ1) is 12.2. The van der Waals surface area contributed by atoms with Crippen LogP contribution in [0.3, 0.4) is 0 Å². The molecule has 0 spiro atoms. The van der Waals surface area contributed by atoms with Crippen molar-refractivity contribution in [2.45, 2.75) is 13.1 Å². The monoisotopic (exact) mass is 324 g/mol. The zero-order valence-corrected chi connectivity index (χ0v) is 11.5. The number of halogens is 2. The molecule has 2 aromatic rings. The van der Waals surface area contributed by atoms with Crippen molar-refractivity contribution in [2.75, 3.05) is 5.32 Å². The first-order chi connectivity index (χ1) is 9.06. The highest BCUT2D eigenvalue weighted by atomic mass is 79.9. The maximum absolute atomic E-state index is 13.3. The van der Waals surface area contributed by atoms with E-state index in [2.05, 4.69) is 36.8 Å². The molecule has 0 aliphatic carbocycles. The number of hydrogen-bond donors (Lipinski definition) is 3. The van der Waals surface area contributed by atoms with E-state index in [1.807, 2.05) is 6.92 Å². The second kappa shape index (κ2) is 4.34. The molecule has 5 nitrogen and oxygen atoms in total. The molecule has 0 saturated carbocycles. The smallest absolute Gasteiger partial charge is 0.275 e. The standard InChI is InChI=1S/C12H10BrFN4O/c1-5-9-10(18-17-5)12(19)16-11(15-9)7-4-6(14)2-3-8(7)13/h2-4,11,15H,1H3,(H,16,19)(H,17,18). The van der Waals surface area contributed by atoms with E-state index in [-0.39, 0.29) is 11.7 Å². The quantitative estimate of drug-likeness (QED) is 0.754. The van der Waals surface area contributed by atoms with Crippen LogP contribution in [0.25, 0.3) is 0 Å². The van der Waals surface area contributed by atoms with E-state index in [1.165, 1.54) is 12.1 Å². The molecular formula is C12H10BrFN4O. The fraction of sp³-hybridized carbons (Fsp3) is 0.167. The topological polar surface area (TPSA) is 69.8 Å². The zero-order chi connectivity index (χ0) is 13.6. The average Bonchev–Trinajstić information content (AvgIpc) is 2.75. The van der Waals surface area contributed by atoms with Gasteiger partial charge >= 0.3 is 0 Å². The van der Waals surface area contributed by atoms with Crippen molar-refractivity contribution >= 4 is 27.5 Å². The summed E-state index contributed by atoms with van der Waals surface area (Å²) < 4.78 is 14.1. The Kier molecular flexibility index (Phi) is 2.78. The van der Waals surface area contributed by atoms with Crippen molar-refractivity contribution in [1.29, 1.82) is 0 Å². The molecule has 98 valence electrons. The largest absolute Gasteiger partial charge is 0.358 e. The average molecular weight is 325 g/mol. The Morgan fingerprint density at radius 3 is 2.95 bits per heavy atom. The van der Waals surface area contributed by atoms with Crippen LogP contribution in [0.4, 0.5) is 10.1 Å². The number of nitrogens with zero attached hydrogens (tertiary/aromatic N) is 1. The summed E-state index contributed by atoms with van der Waals surface area (Å²) in [5, 5.41) is 12.5. The van der Waals surface area contributed by atoms with Crippen LogP contribution >= 0.6 is 15.9 Å². The number of hydrogen-bond acceptors (Lipinski definition) is 3. The Labute approximate surface area is 116 Å². The third kappa shape index (κ3) is 1.99. The molecule has 0 bridgehead atoms. The summed E-state index contributed by atoms with van der Waals surface area (Å²) in [7, 11) is 0. The molecule has 1 aromatic heterocycles. The van der Waals surface area contributed by atoms with Crippen molar-refractivity contribution in [1.82, 2.24) is 15.5 Å². The van der Waals surface area contributed by atoms with Gasteiger partial charge in [-0.15, -0.1) is 0 Å². The van der Waals surface area contributed by atoms with Crippen LogP contribution in [-0.2, 0) is 0 Å². The lowest BCUT2D eigenvalue weighted by Crippen LogP contribution is -2.38. The Morgan fingerprint density at radius 1 is 1.37 bits per heavy atom. The van der Waals surface area contributed by atoms with Gasteiger partial charge in [0.1, 0.15) is 12.0 Å². The van der Waals surface area contributed by atoms with E-state index in [0.29, 0.717) is 16.9 Å². The van der Waals surface area contributed by atoms with Gasteiger partial charge in [-0.25, -0.2) is 4.39 Å². The third-order valence-electron chi connectivity index (χ3n) is 3.00. The number of carbonyl (C=O) groups excluding carboxylic acids is 1. The van der Waals surface area contributed by atoms with Gasteiger partial charge in [0.25, 0.3) is 5.91 Å². The Balaban J connectivity index is 2.03. The highest BCUT2D eigenvalue weighted by Crippen LogP contribution is 2.31. The highest BCUT2D eigenvalue weighted by Gasteiger charge is 2.29. The van der Waals surface area contributed by atoms with Crippen LogP contribution in [0.15, 0.2) is 22.7 Å². The van der Waals surface area contributed by atoms with Crippen LogP contribution in [0.5, 0.6) is 0 Å². The Morgan fingerprint density at radius 2 is 2.16 bits per heavy atom. The minimum Gasteiger partial charge on any atom is -0.358 e. The number of benzene rings is 1. The van der Waals surface area contributed by atoms with Crippen molar-refractivity contribution in [3.8, 4) is 0 Å². The first-order valence-corrected chi connectivity index (χ1v) is 6.43. The summed E-state index contributed by atoms with van der Waals surface area (Å²) in [5.74, 6) is -0.650. The van der Waals surface area contributed by atoms with Gasteiger partial charge in [0.2, 0.25) is 0 Å². The molecule has 1 aromatic carbocycles. The van der Waals surface area contributed by atoms with Gasteiger partial charge in [0, 0.05) is 10.0 Å². The number of rotatable bonds is 1. The number of nitrogens with one attached hydrogen (secondary N) is 3. The summed E-state index contributed by atoms with van der Waals surface area (Å²) in [5.41, 5.74) is 2.35. The summed E-state index contributed by atoms with van der Waals surface area (Å²) in [6.07, 6.45) is -0.499. The lowest BCUT2D eigenvalue weighted by molar-refractivity contribution is 0.0930. The molecule has 1 atom stereocenters. The van der Waals surface area contributed by atoms with E-state index in [9.17, 15) is 9.18 Å². The van der Waals surface area contributed by atoms with E-state index >= 15 is 0 Å². The maximum Gasteiger partial charge on any atom is 0.275 e. The predicted molar refractivity (Wildman–Crippen MR) is 71.3 cm³/mol. The fourth-order valence-electron chi connectivity index (χ4n) is 2.04. The molecule has 3 rings (SSSR count). The predicted octanol–water partition coefficient (Wildman–Crippen LogP) is 2.47. The van der Waals surface area contributed by atoms with Gasteiger partial charge in [-0.3, -0.25) is 9.89 Å². The van der Waals surface area contributed by atoms with E-state index in [1.54, 1.807) is 6.07 Å². The molecule has 0 fully saturated rings. The molecule has 1 unspecified atom stereocenters. The normalized spacial score (nSPS) is 17.6. The van der Waals surface area contributed by atoms with E-state index in [4.69, 9.17) is 0 Å². The summed E-state index contributed by atoms with van der Waals surface area (Å²) >= 11 is 3.35. The first-order valence-electron chi connectivity index (χ1n) is 5.63. The number of aryl methyl sites for hydroxylation is 1. The molecule has 3 N–H and O–H groups in total. The molecular weight excluding hydrogens is 315 g/mol. The van der Waals surface area contributed by atoms with Crippen LogP contribution in [0.2, 0.25) is 0 Å². The van der Waals surface area contributed by atoms with Crippen molar-refractivity contribution in [2.24, 2.45) is 0 Å². The summed E-state index contributed by atoms with van der Waals surface area (Å²) in [6, 6.07) is 4.34. The maximum atomic E-state index is 13.3. The molecule has 1 amide bonds. The van der Waals surface area contributed by atoms with Crippen LogP contribution in [-0.4, -0.2) is 16.1 Å². The molecule has 2 heterocycles. The van der Waals surface area contributed by atoms with Gasteiger partial charge in [-0.2, -0.15) is 5.10 Å². The second-order valence-electron chi connectivity index (χ2n) is 4.29. The Bertz CT molecular complexity index is 670. The number of anilines is 1. The second-order valence-corrected chi connectivity index (χ2v) is 5.14. The van der Waals surface area contributed by atoms with Crippen molar-refractivity contribution < 1.29 is 9.18 Å². The zero-order valence-electron chi connectivity index (χ0n) is 9.92. The minimum atomic E-state index is -0.499. The number of aromatic amines is 1. The van der Waals surface area contributed by atoms with Crippen LogP contribution in [0.1, 0.15) is 27.9 Å². The van der Waals surface area contributed by atoms with Gasteiger partial charge in [0.05, 0.1) is 11.4 Å². The van der Waals surface area contributed by atoms with E-state index in [0.717, 1.165) is 10.2 Å². The molecule has 0 radical (unpaired) electrons. The number of carbonyl (C=O) groups is 1. The van der Waals surface area contributed by atoms with Gasteiger partial charge in [-0.05, 0) is 25.1 Å². The Hall–Kier alpha value is -1.89. The number of fused-ring (bicyclic) bond motifs is 1. The van der Waals surface area contributed by atoms with Crippen LogP contribution in [0, 0.1) is 12.7 Å². The SMILES string of the molecule is Cc1[nH]nc2c1NC(c1cc(F)ccc1Br)NC2=O. The van der Waals surface area contributed by atoms with Gasteiger partial charge in [0.15, 0.2) is 5.69 Å². The summed E-state index contributed by atoms with van der Waals surface area (Å²) in [6.45, 7) is 1.81. The molecule has 19 heavy (non-hydrogen) atoms. The van der Waals surface area contributed by atoms with Crippen LogP contribution < -0.4 is 10.6 Å². The fourth-order valence-corrected chi connectivity index (χ4v) is 2.52. The number of aromatic nitrogens is 2. The van der Waals surface area contributed by atoms with Crippen molar-refractivity contribution in [3.05, 3.63) is 45.4 Å². The third-order valence-corrected chi connectivity index (χ3v) is 3.72. The summed E-state index contributed by atoms with van der Waals surface area (Å²) in [4.78, 5) is 11.9. The van der Waals surface area contributed by atoms with E-state index < -0.39 is 6.17 Å². The molecule has 7 heteroatoms. The van der Waals surface area contributed by atoms with Gasteiger partial charge < -0.3 is 10.6 Å². The lowest BCUT2D eigenvalue weighted by Gasteiger charge is -2.26.